The third kappa shape index (κ3) is 8.14. The summed E-state index contributed by atoms with van der Waals surface area (Å²) in [6.45, 7) is 4.67. The fraction of sp³-hybridized carbons (Fsp3) is 0.591. The summed E-state index contributed by atoms with van der Waals surface area (Å²) in [6, 6.07) is 6.13. The van der Waals surface area contributed by atoms with Crippen LogP contribution in [0.2, 0.25) is 0 Å². The summed E-state index contributed by atoms with van der Waals surface area (Å²) < 4.78 is 6.57. The van der Waals surface area contributed by atoms with Gasteiger partial charge < -0.3 is 19.8 Å². The summed E-state index contributed by atoms with van der Waals surface area (Å²) in [5.41, 5.74) is 1.18. The number of hydrogen-bond donors (Lipinski definition) is 2. The molecule has 0 radical (unpaired) electrons. The van der Waals surface area contributed by atoms with Crippen molar-refractivity contribution in [3.63, 3.8) is 0 Å². The zero-order chi connectivity index (χ0) is 22.8. The zero-order valence-corrected chi connectivity index (χ0v) is 19.5. The second-order valence-electron chi connectivity index (χ2n) is 7.88. The lowest BCUT2D eigenvalue weighted by Gasteiger charge is -2.35. The minimum Gasteiger partial charge on any atom is -0.496 e. The van der Waals surface area contributed by atoms with Crippen LogP contribution in [-0.4, -0.2) is 71.1 Å². The highest BCUT2D eigenvalue weighted by molar-refractivity contribution is 9.10. The lowest BCUT2D eigenvalue weighted by Crippen LogP contribution is -2.44. The molecule has 0 spiro atoms. The molecule has 2 aliphatic heterocycles. The van der Waals surface area contributed by atoms with Gasteiger partial charge in [-0.3, -0.25) is 9.69 Å². The van der Waals surface area contributed by atoms with Crippen molar-refractivity contribution in [3.8, 4) is 5.75 Å². The predicted octanol–water partition coefficient (Wildman–Crippen LogP) is 3.23. The number of benzene rings is 1. The SMILES string of the molecule is COc1ccc(Br)cc1CN1CCCC(C(=O)N2CCCCCC2)C1.O=C(O)C(=O)O. The summed E-state index contributed by atoms with van der Waals surface area (Å²) in [7, 11) is 1.72. The van der Waals surface area contributed by atoms with Crippen molar-refractivity contribution in [2.75, 3.05) is 33.3 Å². The Kier molecular flexibility index (Phi) is 10.3. The van der Waals surface area contributed by atoms with Crippen LogP contribution in [0.1, 0.15) is 44.1 Å². The van der Waals surface area contributed by atoms with Gasteiger partial charge in [-0.2, -0.15) is 0 Å². The molecule has 31 heavy (non-hydrogen) atoms. The van der Waals surface area contributed by atoms with Crippen LogP contribution in [-0.2, 0) is 20.9 Å². The highest BCUT2D eigenvalue weighted by atomic mass is 79.9. The molecule has 2 fully saturated rings. The Morgan fingerprint density at radius 2 is 1.68 bits per heavy atom. The molecule has 2 saturated heterocycles. The Labute approximate surface area is 191 Å². The Hall–Kier alpha value is -2.13. The first-order valence-electron chi connectivity index (χ1n) is 10.6. The van der Waals surface area contributed by atoms with Gasteiger partial charge in [-0.15, -0.1) is 0 Å². The summed E-state index contributed by atoms with van der Waals surface area (Å²) in [5, 5.41) is 14.8. The number of rotatable bonds is 4. The molecule has 0 bridgehead atoms. The van der Waals surface area contributed by atoms with Crippen LogP contribution in [0.15, 0.2) is 22.7 Å². The summed E-state index contributed by atoms with van der Waals surface area (Å²) >= 11 is 3.55. The smallest absolute Gasteiger partial charge is 0.414 e. The van der Waals surface area contributed by atoms with E-state index in [1.165, 1.54) is 18.4 Å². The van der Waals surface area contributed by atoms with E-state index >= 15 is 0 Å². The fourth-order valence-corrected chi connectivity index (χ4v) is 4.47. The number of carbonyl (C=O) groups is 3. The van der Waals surface area contributed by atoms with E-state index in [9.17, 15) is 4.79 Å². The lowest BCUT2D eigenvalue weighted by molar-refractivity contribution is -0.159. The van der Waals surface area contributed by atoms with Crippen LogP contribution in [0.4, 0.5) is 0 Å². The first-order valence-corrected chi connectivity index (χ1v) is 11.4. The van der Waals surface area contributed by atoms with Crippen LogP contribution in [0.25, 0.3) is 0 Å². The number of hydrogen-bond acceptors (Lipinski definition) is 5. The fourth-order valence-electron chi connectivity index (χ4n) is 4.06. The van der Waals surface area contributed by atoms with E-state index in [4.69, 9.17) is 24.5 Å². The van der Waals surface area contributed by atoms with E-state index in [0.717, 1.165) is 68.6 Å². The number of carbonyl (C=O) groups excluding carboxylic acids is 1. The van der Waals surface area contributed by atoms with E-state index < -0.39 is 11.9 Å². The first-order chi connectivity index (χ1) is 14.8. The zero-order valence-electron chi connectivity index (χ0n) is 17.9. The molecule has 2 N–H and O–H groups in total. The number of ether oxygens (including phenoxy) is 1. The Morgan fingerprint density at radius 3 is 2.26 bits per heavy atom. The van der Waals surface area contributed by atoms with Gasteiger partial charge in [0.15, 0.2) is 0 Å². The first kappa shape index (κ1) is 25.1. The monoisotopic (exact) mass is 498 g/mol. The number of amides is 1. The van der Waals surface area contributed by atoms with Gasteiger partial charge in [-0.05, 0) is 50.4 Å². The number of nitrogens with zero attached hydrogens (tertiary/aromatic N) is 2. The van der Waals surface area contributed by atoms with Gasteiger partial charge in [0, 0.05) is 36.2 Å². The third-order valence-corrected chi connectivity index (χ3v) is 6.09. The molecule has 1 aromatic carbocycles. The molecule has 1 atom stereocenters. The van der Waals surface area contributed by atoms with Crippen LogP contribution >= 0.6 is 15.9 Å². The van der Waals surface area contributed by atoms with Crippen molar-refractivity contribution in [3.05, 3.63) is 28.2 Å². The van der Waals surface area contributed by atoms with Gasteiger partial charge in [0.2, 0.25) is 5.91 Å². The number of methoxy groups -OCH3 is 1. The second-order valence-corrected chi connectivity index (χ2v) is 8.80. The van der Waals surface area contributed by atoms with Gasteiger partial charge in [0.25, 0.3) is 0 Å². The normalized spacial score (nSPS) is 19.5. The van der Waals surface area contributed by atoms with Gasteiger partial charge in [-0.25, -0.2) is 9.59 Å². The summed E-state index contributed by atoms with van der Waals surface area (Å²) in [6.07, 6.45) is 6.99. The highest BCUT2D eigenvalue weighted by Gasteiger charge is 2.29. The second kappa shape index (κ2) is 12.7. The number of piperidine rings is 1. The Balaban J connectivity index is 0.000000501. The van der Waals surface area contributed by atoms with E-state index in [2.05, 4.69) is 31.8 Å². The standard InChI is InChI=1S/C20H29BrN2O2.C2H2O4/c1-25-19-9-8-18(21)13-17(19)15-22-10-6-7-16(14-22)20(24)23-11-4-2-3-5-12-23;3-1(4)2(5)6/h8-9,13,16H,2-7,10-12,14-15H2,1H3;(H,3,4)(H,5,6). The van der Waals surface area contributed by atoms with Gasteiger partial charge in [-0.1, -0.05) is 28.8 Å². The topological polar surface area (TPSA) is 107 Å². The summed E-state index contributed by atoms with van der Waals surface area (Å²) in [5.74, 6) is -2.19. The molecule has 0 aliphatic carbocycles. The molecule has 2 aliphatic rings. The lowest BCUT2D eigenvalue weighted by atomic mass is 9.95. The molecular formula is C22H31BrN2O6. The molecule has 8 nitrogen and oxygen atoms in total. The molecule has 3 rings (SSSR count). The number of carboxylic acids is 2. The number of halogens is 1. The average Bonchev–Trinajstić information content (AvgIpc) is 3.03. The number of likely N-dealkylation sites (tertiary alicyclic amines) is 2. The molecule has 1 unspecified atom stereocenters. The Morgan fingerprint density at radius 1 is 1.03 bits per heavy atom. The molecule has 0 saturated carbocycles. The van der Waals surface area contributed by atoms with Crippen molar-refractivity contribution in [1.29, 1.82) is 0 Å². The van der Waals surface area contributed by atoms with Gasteiger partial charge >= 0.3 is 11.9 Å². The maximum atomic E-state index is 12.9. The van der Waals surface area contributed by atoms with Crippen LogP contribution in [0.3, 0.4) is 0 Å². The third-order valence-electron chi connectivity index (χ3n) is 5.59. The number of carboxylic acid groups (broad SMARTS) is 2. The van der Waals surface area contributed by atoms with E-state index in [1.807, 2.05) is 12.1 Å². The van der Waals surface area contributed by atoms with Crippen molar-refractivity contribution in [2.24, 2.45) is 5.92 Å². The summed E-state index contributed by atoms with van der Waals surface area (Å²) in [4.78, 5) is 35.7. The van der Waals surface area contributed by atoms with Crippen molar-refractivity contribution in [1.82, 2.24) is 9.80 Å². The molecule has 2 heterocycles. The molecule has 1 aromatic rings. The Bertz CT molecular complexity index is 752. The largest absolute Gasteiger partial charge is 0.496 e. The quantitative estimate of drug-likeness (QED) is 0.613. The maximum Gasteiger partial charge on any atom is 0.414 e. The van der Waals surface area contributed by atoms with Crippen molar-refractivity contribution >= 4 is 33.8 Å². The van der Waals surface area contributed by atoms with Gasteiger partial charge in [0.05, 0.1) is 13.0 Å². The van der Waals surface area contributed by atoms with Gasteiger partial charge in [0.1, 0.15) is 5.75 Å². The molecule has 9 heteroatoms. The van der Waals surface area contributed by atoms with E-state index in [0.29, 0.717) is 5.91 Å². The molecule has 1 amide bonds. The van der Waals surface area contributed by atoms with Crippen LogP contribution in [0, 0.1) is 5.92 Å². The van der Waals surface area contributed by atoms with Crippen molar-refractivity contribution in [2.45, 2.75) is 45.1 Å². The molecule has 172 valence electrons. The number of aliphatic carboxylic acids is 2. The molecule has 0 aromatic heterocycles. The van der Waals surface area contributed by atoms with E-state index in [-0.39, 0.29) is 5.92 Å². The minimum atomic E-state index is -1.82. The van der Waals surface area contributed by atoms with E-state index in [1.54, 1.807) is 7.11 Å². The van der Waals surface area contributed by atoms with Crippen molar-refractivity contribution < 1.29 is 29.3 Å². The minimum absolute atomic E-state index is 0.157. The predicted molar refractivity (Wildman–Crippen MR) is 119 cm³/mol. The van der Waals surface area contributed by atoms with Crippen LogP contribution in [0.5, 0.6) is 5.75 Å². The average molecular weight is 499 g/mol. The van der Waals surface area contributed by atoms with Crippen LogP contribution < -0.4 is 4.74 Å². The molecular weight excluding hydrogens is 468 g/mol. The maximum absolute atomic E-state index is 12.9. The highest BCUT2D eigenvalue weighted by Crippen LogP contribution is 2.27.